The molecule has 2 N–H and O–H groups in total. The first kappa shape index (κ1) is 23.7. The summed E-state index contributed by atoms with van der Waals surface area (Å²) in [5.41, 5.74) is 1.81. The van der Waals surface area contributed by atoms with Crippen molar-refractivity contribution in [2.24, 2.45) is 0 Å². The fourth-order valence-corrected chi connectivity index (χ4v) is 3.06. The highest BCUT2D eigenvalue weighted by atomic mass is 16.5. The van der Waals surface area contributed by atoms with Gasteiger partial charge in [-0.15, -0.1) is 0 Å². The van der Waals surface area contributed by atoms with Crippen LogP contribution in [0.25, 0.3) is 0 Å². The van der Waals surface area contributed by atoms with Gasteiger partial charge < -0.3 is 24.7 Å². The number of carbonyl (C=O) groups is 3. The second-order valence-corrected chi connectivity index (χ2v) is 7.03. The van der Waals surface area contributed by atoms with Crippen LogP contribution in [0.2, 0.25) is 0 Å². The molecule has 8 nitrogen and oxygen atoms in total. The summed E-state index contributed by atoms with van der Waals surface area (Å²) in [6.45, 7) is 11.7. The number of rotatable bonds is 10. The van der Waals surface area contributed by atoms with Crippen molar-refractivity contribution in [2.45, 2.75) is 60.0 Å². The third kappa shape index (κ3) is 5.82. The number of aromatic nitrogens is 1. The molecule has 0 saturated heterocycles. The van der Waals surface area contributed by atoms with Crippen LogP contribution in [0.1, 0.15) is 66.2 Å². The first-order valence-electron chi connectivity index (χ1n) is 9.62. The first-order valence-corrected chi connectivity index (χ1v) is 9.62. The largest absolute Gasteiger partial charge is 0.461 e. The lowest BCUT2D eigenvalue weighted by Crippen LogP contribution is -2.50. The molecule has 0 bridgehead atoms. The number of Topliss-reactive ketones (excluding diaryl/α,β-unsaturated/α-hetero) is 1. The standard InChI is InChI=1S/C20H33N3O5/c1-8-28-19(25)17-13(4)16(14(5)22-17)18(24)15(6)23(10-9-11-27-7)20(26)21-12(2)3/h12,15,22H,8-11H2,1-7H3,(H,21,26). The number of amides is 2. The van der Waals surface area contributed by atoms with Gasteiger partial charge in [-0.3, -0.25) is 4.79 Å². The molecular formula is C20H33N3O5. The molecule has 0 fully saturated rings. The molecular weight excluding hydrogens is 362 g/mol. The summed E-state index contributed by atoms with van der Waals surface area (Å²) in [7, 11) is 1.59. The molecule has 0 aliphatic rings. The Balaban J connectivity index is 3.15. The van der Waals surface area contributed by atoms with Crippen LogP contribution in [0.5, 0.6) is 0 Å². The summed E-state index contributed by atoms with van der Waals surface area (Å²) in [5, 5.41) is 2.84. The molecule has 1 unspecified atom stereocenters. The number of urea groups is 1. The lowest BCUT2D eigenvalue weighted by atomic mass is 10.00. The SMILES string of the molecule is CCOC(=O)c1[nH]c(C)c(C(=O)C(C)N(CCCOC)C(=O)NC(C)C)c1C. The Morgan fingerprint density at radius 3 is 2.36 bits per heavy atom. The van der Waals surface area contributed by atoms with Gasteiger partial charge in [-0.25, -0.2) is 9.59 Å². The number of ketones is 1. The molecule has 158 valence electrons. The Morgan fingerprint density at radius 2 is 1.82 bits per heavy atom. The van der Waals surface area contributed by atoms with Gasteiger partial charge >= 0.3 is 12.0 Å². The highest BCUT2D eigenvalue weighted by Gasteiger charge is 2.31. The molecule has 8 heteroatoms. The van der Waals surface area contributed by atoms with Crippen molar-refractivity contribution in [1.29, 1.82) is 0 Å². The quantitative estimate of drug-likeness (QED) is 0.360. The average molecular weight is 396 g/mol. The molecule has 0 aromatic carbocycles. The lowest BCUT2D eigenvalue weighted by Gasteiger charge is -2.29. The Labute approximate surface area is 167 Å². The van der Waals surface area contributed by atoms with Crippen LogP contribution in [-0.2, 0) is 9.47 Å². The van der Waals surface area contributed by atoms with Crippen molar-refractivity contribution < 1.29 is 23.9 Å². The van der Waals surface area contributed by atoms with Crippen molar-refractivity contribution in [2.75, 3.05) is 26.9 Å². The van der Waals surface area contributed by atoms with Gasteiger partial charge in [0.2, 0.25) is 0 Å². The van der Waals surface area contributed by atoms with E-state index >= 15 is 0 Å². The van der Waals surface area contributed by atoms with Crippen LogP contribution in [0.3, 0.4) is 0 Å². The van der Waals surface area contributed by atoms with Gasteiger partial charge in [0.05, 0.1) is 12.6 Å². The summed E-state index contributed by atoms with van der Waals surface area (Å²) in [6, 6.07) is -1.05. The van der Waals surface area contributed by atoms with Crippen LogP contribution < -0.4 is 5.32 Å². The monoisotopic (exact) mass is 395 g/mol. The minimum atomic E-state index is -0.696. The number of nitrogens with zero attached hydrogens (tertiary/aromatic N) is 1. The Hall–Kier alpha value is -2.35. The molecule has 1 atom stereocenters. The molecule has 0 aliphatic heterocycles. The molecule has 0 radical (unpaired) electrons. The summed E-state index contributed by atoms with van der Waals surface area (Å²) in [6.07, 6.45) is 0.610. The highest BCUT2D eigenvalue weighted by molar-refractivity contribution is 6.06. The van der Waals surface area contributed by atoms with Gasteiger partial charge in [-0.1, -0.05) is 0 Å². The number of aromatic amines is 1. The number of aryl methyl sites for hydroxylation is 1. The normalized spacial score (nSPS) is 12.0. The maximum atomic E-state index is 13.2. The van der Waals surface area contributed by atoms with Crippen LogP contribution in [0.15, 0.2) is 0 Å². The molecule has 0 saturated carbocycles. The molecule has 1 aromatic rings. The predicted molar refractivity (Wildman–Crippen MR) is 107 cm³/mol. The van der Waals surface area contributed by atoms with Crippen LogP contribution in [0, 0.1) is 13.8 Å². The van der Waals surface area contributed by atoms with Gasteiger partial charge in [-0.2, -0.15) is 0 Å². The third-order valence-corrected chi connectivity index (χ3v) is 4.43. The van der Waals surface area contributed by atoms with Crippen molar-refractivity contribution in [1.82, 2.24) is 15.2 Å². The molecule has 1 aromatic heterocycles. The van der Waals surface area contributed by atoms with Crippen molar-refractivity contribution in [3.8, 4) is 0 Å². The fraction of sp³-hybridized carbons (Fsp3) is 0.650. The maximum Gasteiger partial charge on any atom is 0.355 e. The molecule has 2 amide bonds. The van der Waals surface area contributed by atoms with Gasteiger partial charge in [0.15, 0.2) is 5.78 Å². The highest BCUT2D eigenvalue weighted by Crippen LogP contribution is 2.22. The molecule has 0 spiro atoms. The number of esters is 1. The summed E-state index contributed by atoms with van der Waals surface area (Å²) < 4.78 is 10.1. The average Bonchev–Trinajstić information content (AvgIpc) is 2.91. The molecule has 0 aliphatic carbocycles. The van der Waals surface area contributed by atoms with Crippen molar-refractivity contribution >= 4 is 17.8 Å². The Morgan fingerprint density at radius 1 is 1.18 bits per heavy atom. The molecule has 28 heavy (non-hydrogen) atoms. The minimum absolute atomic E-state index is 0.0501. The zero-order chi connectivity index (χ0) is 21.4. The maximum absolute atomic E-state index is 13.2. The van der Waals surface area contributed by atoms with E-state index in [1.807, 2.05) is 13.8 Å². The van der Waals surface area contributed by atoms with Crippen LogP contribution in [0.4, 0.5) is 4.79 Å². The first-order chi connectivity index (χ1) is 13.1. The van der Waals surface area contributed by atoms with E-state index in [4.69, 9.17) is 9.47 Å². The number of methoxy groups -OCH3 is 1. The molecule has 1 heterocycles. The Kier molecular flexibility index (Phi) is 9.18. The Bertz CT molecular complexity index is 696. The predicted octanol–water partition coefficient (Wildman–Crippen LogP) is 2.84. The fourth-order valence-electron chi connectivity index (χ4n) is 3.06. The summed E-state index contributed by atoms with van der Waals surface area (Å²) >= 11 is 0. The molecule has 1 rings (SSSR count). The zero-order valence-corrected chi connectivity index (χ0v) is 18.0. The second-order valence-electron chi connectivity index (χ2n) is 7.03. The van der Waals surface area contributed by atoms with Gasteiger partial charge in [0.25, 0.3) is 0 Å². The van der Waals surface area contributed by atoms with E-state index < -0.39 is 12.0 Å². The van der Waals surface area contributed by atoms with Crippen molar-refractivity contribution in [3.63, 3.8) is 0 Å². The van der Waals surface area contributed by atoms with Crippen LogP contribution >= 0.6 is 0 Å². The van der Waals surface area contributed by atoms with E-state index in [1.165, 1.54) is 4.90 Å². The third-order valence-electron chi connectivity index (χ3n) is 4.43. The second kappa shape index (κ2) is 10.8. The number of hydrogen-bond acceptors (Lipinski definition) is 5. The van der Waals surface area contributed by atoms with E-state index in [0.717, 1.165) is 0 Å². The van der Waals surface area contributed by atoms with E-state index in [0.29, 0.717) is 36.4 Å². The van der Waals surface area contributed by atoms with Gasteiger partial charge in [-0.05, 0) is 53.5 Å². The minimum Gasteiger partial charge on any atom is -0.461 e. The summed E-state index contributed by atoms with van der Waals surface area (Å²) in [4.78, 5) is 42.4. The van der Waals surface area contributed by atoms with E-state index in [-0.39, 0.29) is 30.2 Å². The van der Waals surface area contributed by atoms with E-state index in [2.05, 4.69) is 10.3 Å². The zero-order valence-electron chi connectivity index (χ0n) is 18.0. The van der Waals surface area contributed by atoms with Gasteiger partial charge in [0, 0.05) is 37.6 Å². The topological polar surface area (TPSA) is 101 Å². The van der Waals surface area contributed by atoms with Crippen LogP contribution in [-0.4, -0.2) is 66.6 Å². The van der Waals surface area contributed by atoms with E-state index in [9.17, 15) is 14.4 Å². The number of ether oxygens (including phenoxy) is 2. The number of hydrogen-bond donors (Lipinski definition) is 2. The summed E-state index contributed by atoms with van der Waals surface area (Å²) in [5.74, 6) is -0.720. The van der Waals surface area contributed by atoms with E-state index in [1.54, 1.807) is 34.8 Å². The number of H-pyrrole nitrogens is 1. The lowest BCUT2D eigenvalue weighted by molar-refractivity contribution is 0.0519. The number of nitrogens with one attached hydrogen (secondary N) is 2. The smallest absolute Gasteiger partial charge is 0.355 e. The van der Waals surface area contributed by atoms with Crippen molar-refractivity contribution in [3.05, 3.63) is 22.5 Å². The van der Waals surface area contributed by atoms with Gasteiger partial charge in [0.1, 0.15) is 5.69 Å². The number of carbonyl (C=O) groups excluding carboxylic acids is 3.